The van der Waals surface area contributed by atoms with Crippen molar-refractivity contribution in [2.45, 2.75) is 0 Å². The van der Waals surface area contributed by atoms with E-state index in [4.69, 9.17) is 16.4 Å². The first-order valence-electron chi connectivity index (χ1n) is 6.90. The minimum Gasteiger partial charge on any atom is -0.382 e. The number of carbonyl (C=O) groups excluding carboxylic acids is 1. The Morgan fingerprint density at radius 2 is 1.92 bits per heavy atom. The molecular weight excluding hydrogens is 324 g/mol. The number of nitriles is 1. The van der Waals surface area contributed by atoms with Crippen molar-refractivity contribution in [2.75, 3.05) is 5.43 Å². The van der Waals surface area contributed by atoms with E-state index < -0.39 is 22.2 Å². The Morgan fingerprint density at radius 1 is 1.24 bits per heavy atom. The van der Waals surface area contributed by atoms with Crippen LogP contribution in [-0.2, 0) is 0 Å². The minimum absolute atomic E-state index is 0.0383. The van der Waals surface area contributed by atoms with Crippen LogP contribution in [0.25, 0.3) is 0 Å². The summed E-state index contributed by atoms with van der Waals surface area (Å²) >= 11 is 0. The van der Waals surface area contributed by atoms with Crippen molar-refractivity contribution in [3.05, 3.63) is 69.8 Å². The van der Waals surface area contributed by atoms with Crippen LogP contribution in [0.3, 0.4) is 0 Å². The molecule has 0 saturated heterocycles. The number of nitro benzene ring substituents is 1. The minimum atomic E-state index is -0.681. The second kappa shape index (κ2) is 7.47. The number of anilines is 1. The zero-order chi connectivity index (χ0) is 18.4. The highest BCUT2D eigenvalue weighted by Gasteiger charge is 2.18. The van der Waals surface area contributed by atoms with E-state index in [0.717, 1.165) is 6.07 Å². The van der Waals surface area contributed by atoms with E-state index in [1.807, 2.05) is 0 Å². The van der Waals surface area contributed by atoms with Gasteiger partial charge in [-0.25, -0.2) is 0 Å². The molecular formula is C16H12N6O3. The maximum absolute atomic E-state index is 12.4. The summed E-state index contributed by atoms with van der Waals surface area (Å²) in [5.74, 6) is -0.936. The maximum Gasteiger partial charge on any atom is 0.294 e. The molecule has 0 aliphatic carbocycles. The molecule has 0 unspecified atom stereocenters. The second-order valence-corrected chi connectivity index (χ2v) is 4.78. The molecule has 2 rings (SSSR count). The third-order valence-corrected chi connectivity index (χ3v) is 3.14. The molecule has 0 fully saturated rings. The highest BCUT2D eigenvalue weighted by Crippen LogP contribution is 2.26. The molecule has 124 valence electrons. The Hall–Kier alpha value is -4.06. The van der Waals surface area contributed by atoms with E-state index in [9.17, 15) is 14.9 Å². The van der Waals surface area contributed by atoms with Gasteiger partial charge in [0.25, 0.3) is 5.69 Å². The standard InChI is InChI=1S/C16H12N6O3/c17-9-13(16(18)19)21-20-12-7-6-11(8-14(12)22(24)25)15(23)10-4-2-1-3-5-10/h1-8,20H,(H3,18,19)/b21-13+. The summed E-state index contributed by atoms with van der Waals surface area (Å²) in [7, 11) is 0. The van der Waals surface area contributed by atoms with Gasteiger partial charge in [-0.3, -0.25) is 25.7 Å². The first-order valence-corrected chi connectivity index (χ1v) is 6.90. The van der Waals surface area contributed by atoms with Crippen molar-refractivity contribution in [3.8, 4) is 6.07 Å². The number of nitro groups is 1. The Morgan fingerprint density at radius 3 is 2.48 bits per heavy atom. The van der Waals surface area contributed by atoms with Gasteiger partial charge in [-0.1, -0.05) is 30.3 Å². The normalized spacial score (nSPS) is 10.6. The maximum atomic E-state index is 12.4. The molecule has 9 heteroatoms. The molecule has 25 heavy (non-hydrogen) atoms. The van der Waals surface area contributed by atoms with Gasteiger partial charge < -0.3 is 5.73 Å². The van der Waals surface area contributed by atoms with Gasteiger partial charge in [-0.15, -0.1) is 0 Å². The average Bonchev–Trinajstić information content (AvgIpc) is 2.62. The van der Waals surface area contributed by atoms with Crippen molar-refractivity contribution in [3.63, 3.8) is 0 Å². The summed E-state index contributed by atoms with van der Waals surface area (Å²) in [4.78, 5) is 22.9. The molecule has 0 bridgehead atoms. The van der Waals surface area contributed by atoms with E-state index in [1.54, 1.807) is 36.4 Å². The number of hydrogen-bond acceptors (Lipinski definition) is 7. The summed E-state index contributed by atoms with van der Waals surface area (Å²) in [5, 5.41) is 30.7. The van der Waals surface area contributed by atoms with Crippen molar-refractivity contribution in [1.29, 1.82) is 10.7 Å². The third-order valence-electron chi connectivity index (χ3n) is 3.14. The van der Waals surface area contributed by atoms with Crippen LogP contribution in [-0.4, -0.2) is 22.3 Å². The van der Waals surface area contributed by atoms with E-state index in [2.05, 4.69) is 10.5 Å². The molecule has 0 saturated carbocycles. The summed E-state index contributed by atoms with van der Waals surface area (Å²) in [5.41, 5.74) is 7.16. The fourth-order valence-electron chi connectivity index (χ4n) is 1.94. The molecule has 0 aliphatic rings. The van der Waals surface area contributed by atoms with Crippen molar-refractivity contribution >= 4 is 28.7 Å². The molecule has 0 spiro atoms. The topological polar surface area (TPSA) is 158 Å². The zero-order valence-corrected chi connectivity index (χ0v) is 12.8. The molecule has 0 aromatic heterocycles. The Labute approximate surface area is 142 Å². The first-order chi connectivity index (χ1) is 11.9. The molecule has 0 heterocycles. The first kappa shape index (κ1) is 17.3. The zero-order valence-electron chi connectivity index (χ0n) is 12.8. The van der Waals surface area contributed by atoms with Crippen molar-refractivity contribution in [2.24, 2.45) is 10.8 Å². The van der Waals surface area contributed by atoms with Gasteiger partial charge in [0.2, 0.25) is 5.71 Å². The molecule has 2 aromatic rings. The van der Waals surface area contributed by atoms with Gasteiger partial charge in [0.15, 0.2) is 11.6 Å². The largest absolute Gasteiger partial charge is 0.382 e. The van der Waals surface area contributed by atoms with Crippen LogP contribution in [0.15, 0.2) is 53.6 Å². The molecule has 0 aliphatic heterocycles. The van der Waals surface area contributed by atoms with Gasteiger partial charge in [0.1, 0.15) is 11.8 Å². The van der Waals surface area contributed by atoms with Crippen LogP contribution in [0.1, 0.15) is 15.9 Å². The number of nitrogens with two attached hydrogens (primary N) is 1. The van der Waals surface area contributed by atoms with Crippen LogP contribution >= 0.6 is 0 Å². The second-order valence-electron chi connectivity index (χ2n) is 4.78. The SMILES string of the molecule is N#C/C(=N\Nc1ccc(C(=O)c2ccccc2)cc1[N+](=O)[O-])C(=N)N. The number of nitrogens with one attached hydrogen (secondary N) is 2. The van der Waals surface area contributed by atoms with Crippen LogP contribution in [0.5, 0.6) is 0 Å². The van der Waals surface area contributed by atoms with Crippen LogP contribution in [0, 0.1) is 26.9 Å². The summed E-state index contributed by atoms with van der Waals surface area (Å²) in [6.45, 7) is 0. The lowest BCUT2D eigenvalue weighted by Crippen LogP contribution is -2.22. The Bertz CT molecular complexity index is 915. The van der Waals surface area contributed by atoms with E-state index in [0.29, 0.717) is 5.56 Å². The van der Waals surface area contributed by atoms with Crippen LogP contribution in [0.4, 0.5) is 11.4 Å². The number of hydrazone groups is 1. The fourth-order valence-corrected chi connectivity index (χ4v) is 1.94. The fraction of sp³-hybridized carbons (Fsp3) is 0. The average molecular weight is 336 g/mol. The highest BCUT2D eigenvalue weighted by atomic mass is 16.6. The van der Waals surface area contributed by atoms with Crippen LogP contribution in [0.2, 0.25) is 0 Å². The van der Waals surface area contributed by atoms with Crippen molar-refractivity contribution < 1.29 is 9.72 Å². The number of benzene rings is 2. The molecule has 0 amide bonds. The molecule has 4 N–H and O–H groups in total. The predicted octanol–water partition coefficient (Wildman–Crippen LogP) is 2.05. The lowest BCUT2D eigenvalue weighted by molar-refractivity contribution is -0.384. The lowest BCUT2D eigenvalue weighted by Gasteiger charge is -2.06. The molecule has 0 atom stereocenters. The summed E-state index contributed by atoms with van der Waals surface area (Å²) in [6, 6.07) is 13.8. The Kier molecular flexibility index (Phi) is 5.17. The number of carbonyl (C=O) groups is 1. The van der Waals surface area contributed by atoms with Crippen molar-refractivity contribution in [1.82, 2.24) is 0 Å². The third kappa shape index (κ3) is 4.02. The van der Waals surface area contributed by atoms with Gasteiger partial charge in [0.05, 0.1) is 4.92 Å². The van der Waals surface area contributed by atoms with Crippen LogP contribution < -0.4 is 11.2 Å². The smallest absolute Gasteiger partial charge is 0.294 e. The Balaban J connectivity index is 2.39. The monoisotopic (exact) mass is 336 g/mol. The van der Waals surface area contributed by atoms with Gasteiger partial charge in [0, 0.05) is 17.2 Å². The number of hydrogen-bond donors (Lipinski definition) is 3. The molecule has 2 aromatic carbocycles. The van der Waals surface area contributed by atoms with Gasteiger partial charge in [-0.05, 0) is 12.1 Å². The number of amidine groups is 1. The molecule has 0 radical (unpaired) electrons. The van der Waals surface area contributed by atoms with Gasteiger partial charge in [-0.2, -0.15) is 10.4 Å². The van der Waals surface area contributed by atoms with E-state index in [1.165, 1.54) is 12.1 Å². The number of ketones is 1. The quantitative estimate of drug-likeness (QED) is 0.241. The van der Waals surface area contributed by atoms with E-state index >= 15 is 0 Å². The lowest BCUT2D eigenvalue weighted by atomic mass is 10.0. The number of rotatable bonds is 6. The van der Waals surface area contributed by atoms with Gasteiger partial charge >= 0.3 is 0 Å². The van der Waals surface area contributed by atoms with E-state index in [-0.39, 0.29) is 17.0 Å². The molecule has 9 nitrogen and oxygen atoms in total. The predicted molar refractivity (Wildman–Crippen MR) is 91.6 cm³/mol. The summed E-state index contributed by atoms with van der Waals surface area (Å²) in [6.07, 6.45) is 0. The number of nitrogens with zero attached hydrogens (tertiary/aromatic N) is 3. The summed E-state index contributed by atoms with van der Waals surface area (Å²) < 4.78 is 0. The highest BCUT2D eigenvalue weighted by molar-refractivity contribution is 6.45.